The number of rotatable bonds is 6. The topological polar surface area (TPSA) is 102 Å². The number of aromatic amines is 1. The fraction of sp³-hybridized carbons (Fsp3) is 0.381. The number of amides is 1. The van der Waals surface area contributed by atoms with Gasteiger partial charge in [-0.2, -0.15) is 0 Å². The van der Waals surface area contributed by atoms with Crippen LogP contribution in [0.3, 0.4) is 0 Å². The first kappa shape index (κ1) is 20.1. The van der Waals surface area contributed by atoms with Gasteiger partial charge in [0, 0.05) is 23.1 Å². The fourth-order valence-electron chi connectivity index (χ4n) is 3.96. The summed E-state index contributed by atoms with van der Waals surface area (Å²) in [5.41, 5.74) is 9.84. The minimum Gasteiger partial charge on any atom is -0.376 e. The highest BCUT2D eigenvalue weighted by atomic mass is 32.2. The smallest absolute Gasteiger partial charge is 0.250 e. The maximum absolute atomic E-state index is 12.1. The van der Waals surface area contributed by atoms with Crippen molar-refractivity contribution in [2.45, 2.75) is 32.3 Å². The number of aromatic nitrogens is 1. The molecule has 154 valence electrons. The van der Waals surface area contributed by atoms with E-state index in [2.05, 4.69) is 22.5 Å². The zero-order valence-corrected chi connectivity index (χ0v) is 17.9. The van der Waals surface area contributed by atoms with Crippen molar-refractivity contribution in [2.24, 2.45) is 5.73 Å². The Hall–Kier alpha value is -2.16. The molecule has 0 saturated carbocycles. The van der Waals surface area contributed by atoms with E-state index >= 15 is 0 Å². The van der Waals surface area contributed by atoms with Crippen LogP contribution in [0.2, 0.25) is 0 Å². The van der Waals surface area contributed by atoms with Crippen LogP contribution in [0.4, 0.5) is 0 Å². The molecule has 0 bridgehead atoms. The van der Waals surface area contributed by atoms with E-state index in [0.717, 1.165) is 32.5 Å². The summed E-state index contributed by atoms with van der Waals surface area (Å²) in [5, 5.41) is 3.00. The molecule has 0 unspecified atom stereocenters. The van der Waals surface area contributed by atoms with Gasteiger partial charge in [0.15, 0.2) is 0 Å². The third-order valence-electron chi connectivity index (χ3n) is 5.52. The Kier molecular flexibility index (Phi) is 5.50. The van der Waals surface area contributed by atoms with Crippen LogP contribution in [0.15, 0.2) is 29.8 Å². The lowest BCUT2D eigenvalue weighted by atomic mass is 9.91. The van der Waals surface area contributed by atoms with Crippen LogP contribution in [-0.2, 0) is 21.2 Å². The van der Waals surface area contributed by atoms with E-state index < -0.39 is 15.7 Å². The van der Waals surface area contributed by atoms with Crippen LogP contribution in [0.1, 0.15) is 46.5 Å². The summed E-state index contributed by atoms with van der Waals surface area (Å²) in [4.78, 5) is 16.4. The molecule has 1 aliphatic heterocycles. The Morgan fingerprint density at radius 1 is 1.24 bits per heavy atom. The van der Waals surface area contributed by atoms with Gasteiger partial charge in [-0.3, -0.25) is 4.79 Å². The van der Waals surface area contributed by atoms with E-state index in [1.165, 1.54) is 0 Å². The zero-order valence-electron chi connectivity index (χ0n) is 16.2. The number of thiophene rings is 1. The number of sulfone groups is 1. The number of nitrogens with one attached hydrogen (secondary N) is 1. The molecular formula is C21H24N2O4S2. The number of primary amides is 1. The molecule has 8 heteroatoms. The first-order chi connectivity index (χ1) is 13.9. The van der Waals surface area contributed by atoms with Gasteiger partial charge in [0.05, 0.1) is 29.2 Å². The lowest BCUT2D eigenvalue weighted by molar-refractivity contribution is 0.100. The summed E-state index contributed by atoms with van der Waals surface area (Å²) >= 11 is 1.62. The second-order valence-electron chi connectivity index (χ2n) is 7.42. The summed E-state index contributed by atoms with van der Waals surface area (Å²) < 4.78 is 29.1. The molecule has 0 atom stereocenters. The van der Waals surface area contributed by atoms with Gasteiger partial charge in [-0.15, -0.1) is 11.3 Å². The van der Waals surface area contributed by atoms with E-state index in [-0.39, 0.29) is 17.4 Å². The number of H-pyrrole nitrogens is 1. The summed E-state index contributed by atoms with van der Waals surface area (Å²) in [6, 6.07) is 5.97. The third-order valence-corrected chi connectivity index (χ3v) is 8.14. The first-order valence-corrected chi connectivity index (χ1v) is 12.4. The van der Waals surface area contributed by atoms with Gasteiger partial charge < -0.3 is 15.5 Å². The number of carbonyl (C=O) groups is 1. The van der Waals surface area contributed by atoms with E-state index in [0.29, 0.717) is 31.6 Å². The minimum absolute atomic E-state index is 0.152. The largest absolute Gasteiger partial charge is 0.376 e. The number of hydrogen-bond acceptors (Lipinski definition) is 5. The van der Waals surface area contributed by atoms with Gasteiger partial charge in [-0.1, -0.05) is 0 Å². The van der Waals surface area contributed by atoms with Gasteiger partial charge in [-0.05, 0) is 66.0 Å². The molecule has 2 aromatic heterocycles. The SMILES string of the molecule is CCOCc1cc(-c2cc(C(N)=O)c3[nH]cc(C4CCS(=O)(=O)CC4)c3c2)cs1. The molecule has 4 rings (SSSR count). The average Bonchev–Trinajstić information content (AvgIpc) is 3.32. The maximum atomic E-state index is 12.1. The maximum Gasteiger partial charge on any atom is 0.250 e. The number of fused-ring (bicyclic) bond motifs is 1. The van der Waals surface area contributed by atoms with Crippen molar-refractivity contribution in [1.29, 1.82) is 0 Å². The molecule has 6 nitrogen and oxygen atoms in total. The van der Waals surface area contributed by atoms with E-state index in [9.17, 15) is 13.2 Å². The molecule has 0 spiro atoms. The van der Waals surface area contributed by atoms with Gasteiger partial charge in [0.2, 0.25) is 0 Å². The van der Waals surface area contributed by atoms with Crippen molar-refractivity contribution in [1.82, 2.24) is 4.98 Å². The summed E-state index contributed by atoms with van der Waals surface area (Å²) in [6.45, 7) is 3.19. The normalized spacial score (nSPS) is 17.0. The van der Waals surface area contributed by atoms with Gasteiger partial charge in [0.1, 0.15) is 9.84 Å². The first-order valence-electron chi connectivity index (χ1n) is 9.68. The van der Waals surface area contributed by atoms with Crippen molar-refractivity contribution in [3.63, 3.8) is 0 Å². The molecule has 0 aliphatic carbocycles. The molecule has 29 heavy (non-hydrogen) atoms. The Balaban J connectivity index is 1.76. The highest BCUT2D eigenvalue weighted by Gasteiger charge is 2.27. The standard InChI is InChI=1S/C21H24N2O4S2/c1-2-27-11-16-7-15(12-28-16)14-8-17-19(13-3-5-29(25,26)6-4-13)10-23-20(17)18(9-14)21(22)24/h7-10,12-13,23H,2-6,11H2,1H3,(H2,22,24). The molecule has 1 aromatic carbocycles. The number of ether oxygens (including phenoxy) is 1. The third kappa shape index (κ3) is 4.10. The van der Waals surface area contributed by atoms with Crippen molar-refractivity contribution in [2.75, 3.05) is 18.1 Å². The predicted octanol–water partition coefficient (Wildman–Crippen LogP) is 3.82. The second-order valence-corrected chi connectivity index (χ2v) is 10.7. The van der Waals surface area contributed by atoms with Crippen LogP contribution >= 0.6 is 11.3 Å². The van der Waals surface area contributed by atoms with Crippen LogP contribution in [-0.4, -0.2) is 37.4 Å². The summed E-state index contributed by atoms with van der Waals surface area (Å²) in [5.74, 6) is 0.0799. The van der Waals surface area contributed by atoms with Crippen LogP contribution in [0, 0.1) is 0 Å². The number of hydrogen-bond donors (Lipinski definition) is 2. The van der Waals surface area contributed by atoms with Crippen molar-refractivity contribution >= 4 is 38.0 Å². The Morgan fingerprint density at radius 2 is 2.00 bits per heavy atom. The van der Waals surface area contributed by atoms with Crippen molar-refractivity contribution in [3.05, 3.63) is 45.8 Å². The fourth-order valence-corrected chi connectivity index (χ4v) is 6.28. The molecule has 3 heterocycles. The molecule has 0 radical (unpaired) electrons. The molecular weight excluding hydrogens is 408 g/mol. The highest BCUT2D eigenvalue weighted by molar-refractivity contribution is 7.91. The Bertz CT molecular complexity index is 1150. The highest BCUT2D eigenvalue weighted by Crippen LogP contribution is 2.38. The van der Waals surface area contributed by atoms with Gasteiger partial charge in [-0.25, -0.2) is 8.42 Å². The Labute approximate surface area is 174 Å². The molecule has 3 N–H and O–H groups in total. The lowest BCUT2D eigenvalue weighted by Gasteiger charge is -2.21. The molecule has 1 aliphatic rings. The number of carbonyl (C=O) groups excluding carboxylic acids is 1. The van der Waals surface area contributed by atoms with Crippen molar-refractivity contribution in [3.8, 4) is 11.1 Å². The van der Waals surface area contributed by atoms with Crippen LogP contribution < -0.4 is 5.73 Å². The minimum atomic E-state index is -2.93. The molecule has 1 saturated heterocycles. The predicted molar refractivity (Wildman–Crippen MR) is 116 cm³/mol. The van der Waals surface area contributed by atoms with Crippen LogP contribution in [0.5, 0.6) is 0 Å². The summed E-state index contributed by atoms with van der Waals surface area (Å²) in [7, 11) is -2.93. The summed E-state index contributed by atoms with van der Waals surface area (Å²) in [6.07, 6.45) is 3.10. The Morgan fingerprint density at radius 3 is 2.69 bits per heavy atom. The van der Waals surface area contributed by atoms with E-state index in [1.807, 2.05) is 19.2 Å². The second kappa shape index (κ2) is 7.93. The van der Waals surface area contributed by atoms with E-state index in [4.69, 9.17) is 10.5 Å². The van der Waals surface area contributed by atoms with Gasteiger partial charge in [0.25, 0.3) is 5.91 Å². The quantitative estimate of drug-likeness (QED) is 0.618. The molecule has 1 fully saturated rings. The van der Waals surface area contributed by atoms with Gasteiger partial charge >= 0.3 is 0 Å². The van der Waals surface area contributed by atoms with E-state index in [1.54, 1.807) is 11.3 Å². The molecule has 1 amide bonds. The number of nitrogens with two attached hydrogens (primary N) is 1. The average molecular weight is 433 g/mol. The zero-order chi connectivity index (χ0) is 20.6. The van der Waals surface area contributed by atoms with Crippen LogP contribution in [0.25, 0.3) is 22.0 Å². The monoisotopic (exact) mass is 432 g/mol. The lowest BCUT2D eigenvalue weighted by Crippen LogP contribution is -2.22. The van der Waals surface area contributed by atoms with Crippen molar-refractivity contribution < 1.29 is 17.9 Å². The number of benzene rings is 1. The molecule has 3 aromatic rings.